The van der Waals surface area contributed by atoms with E-state index in [-0.39, 0.29) is 37.7 Å². The van der Waals surface area contributed by atoms with E-state index in [0.717, 1.165) is 24.8 Å². The molecule has 1 heterocycles. The van der Waals surface area contributed by atoms with E-state index in [4.69, 9.17) is 18.9 Å². The Hall–Kier alpha value is -3.77. The number of likely N-dealkylation sites (tertiary alicyclic amines) is 1. The van der Waals surface area contributed by atoms with Gasteiger partial charge in [-0.2, -0.15) is 0 Å². The predicted molar refractivity (Wildman–Crippen MR) is 181 cm³/mol. The van der Waals surface area contributed by atoms with Crippen LogP contribution in [0.3, 0.4) is 0 Å². The topological polar surface area (TPSA) is 199 Å². The van der Waals surface area contributed by atoms with E-state index in [1.54, 1.807) is 18.7 Å². The van der Waals surface area contributed by atoms with E-state index in [1.165, 1.54) is 28.5 Å². The van der Waals surface area contributed by atoms with Crippen LogP contribution in [0, 0.1) is 16.0 Å². The average Bonchev–Trinajstić information content (AvgIpc) is 3.68. The number of nitrogens with one attached hydrogen (secondary N) is 1. The minimum absolute atomic E-state index is 0.0189. The van der Waals surface area contributed by atoms with Gasteiger partial charge in [-0.1, -0.05) is 58.3 Å². The molecule has 50 heavy (non-hydrogen) atoms. The Morgan fingerprint density at radius 2 is 1.70 bits per heavy atom. The summed E-state index contributed by atoms with van der Waals surface area (Å²) in [7, 11) is 2.68. The van der Waals surface area contributed by atoms with Crippen LogP contribution in [0.1, 0.15) is 58.4 Å². The molecule has 1 saturated carbocycles. The largest absolute Gasteiger partial charge is 0.510 e. The number of esters is 3. The number of rotatable bonds is 21. The van der Waals surface area contributed by atoms with E-state index < -0.39 is 60.2 Å². The van der Waals surface area contributed by atoms with E-state index in [2.05, 4.69) is 14.9 Å². The summed E-state index contributed by atoms with van der Waals surface area (Å²) in [5.41, 5.74) is 1.05. The van der Waals surface area contributed by atoms with Crippen molar-refractivity contribution in [2.75, 3.05) is 37.9 Å². The molecule has 278 valence electrons. The highest BCUT2D eigenvalue weighted by molar-refractivity contribution is 8.76. The fourth-order valence-corrected chi connectivity index (χ4v) is 7.58. The van der Waals surface area contributed by atoms with Gasteiger partial charge in [0.05, 0.1) is 12.6 Å². The maximum Gasteiger partial charge on any atom is 0.510 e. The summed E-state index contributed by atoms with van der Waals surface area (Å²) in [6, 6.07) is 7.22. The highest BCUT2D eigenvalue weighted by Crippen LogP contribution is 2.42. The minimum Gasteiger partial charge on any atom is -0.465 e. The molecule has 1 amide bonds. The molecule has 16 nitrogen and oxygen atoms in total. The lowest BCUT2D eigenvalue weighted by molar-refractivity contribution is -0.777. The Kier molecular flexibility index (Phi) is 17.4. The highest BCUT2D eigenvalue weighted by atomic mass is 33.1. The van der Waals surface area contributed by atoms with Gasteiger partial charge >= 0.3 is 24.1 Å². The normalized spacial score (nSPS) is 19.7. The van der Waals surface area contributed by atoms with Crippen LogP contribution in [0.5, 0.6) is 0 Å². The Morgan fingerprint density at radius 3 is 2.38 bits per heavy atom. The second kappa shape index (κ2) is 21.4. The molecule has 1 aliphatic heterocycles. The smallest absolute Gasteiger partial charge is 0.465 e. The first-order valence-corrected chi connectivity index (χ1v) is 19.0. The lowest BCUT2D eigenvalue weighted by Gasteiger charge is -2.32. The van der Waals surface area contributed by atoms with Gasteiger partial charge in [0, 0.05) is 17.5 Å². The first-order chi connectivity index (χ1) is 24.0. The molecule has 1 saturated heterocycles. The maximum absolute atomic E-state index is 13.9. The van der Waals surface area contributed by atoms with E-state index in [1.807, 2.05) is 30.3 Å². The Balaban J connectivity index is 1.41. The van der Waals surface area contributed by atoms with Crippen molar-refractivity contribution in [2.45, 2.75) is 89.8 Å². The fraction of sp³-hybridized carbons (Fsp3) is 0.656. The third-order valence-corrected chi connectivity index (χ3v) is 10.4. The highest BCUT2D eigenvalue weighted by Gasteiger charge is 2.50. The molecule has 1 aromatic rings. The number of aryl methyl sites for hydroxylation is 1. The summed E-state index contributed by atoms with van der Waals surface area (Å²) < 4.78 is 25.0. The summed E-state index contributed by atoms with van der Waals surface area (Å²) in [6.45, 7) is 4.20. The van der Waals surface area contributed by atoms with E-state index in [9.17, 15) is 34.1 Å². The van der Waals surface area contributed by atoms with Gasteiger partial charge in [-0.25, -0.2) is 14.4 Å². The van der Waals surface area contributed by atoms with Gasteiger partial charge in [0.2, 0.25) is 12.2 Å². The average molecular weight is 744 g/mol. The van der Waals surface area contributed by atoms with E-state index in [0.29, 0.717) is 30.8 Å². The summed E-state index contributed by atoms with van der Waals surface area (Å²) in [5.74, 6) is -1.24. The number of hydrogen-bond donors (Lipinski definition) is 1. The number of carbonyl (C=O) groups excluding carboxylic acids is 5. The predicted octanol–water partition coefficient (Wildman–Crippen LogP) is 3.47. The van der Waals surface area contributed by atoms with Crippen LogP contribution in [0.15, 0.2) is 30.3 Å². The van der Waals surface area contributed by atoms with Gasteiger partial charge in [0.15, 0.2) is 6.61 Å². The number of benzene rings is 1. The number of ether oxygens (including phenoxy) is 5. The summed E-state index contributed by atoms with van der Waals surface area (Å²) in [6.07, 6.45) is 1.54. The van der Waals surface area contributed by atoms with Crippen molar-refractivity contribution in [1.29, 1.82) is 0 Å². The van der Waals surface area contributed by atoms with Crippen molar-refractivity contribution in [3.63, 3.8) is 0 Å². The summed E-state index contributed by atoms with van der Waals surface area (Å²) in [5, 5.41) is 12.3. The lowest BCUT2D eigenvalue weighted by Crippen LogP contribution is -2.55. The molecule has 0 radical (unpaired) electrons. The maximum atomic E-state index is 13.9. The zero-order valence-corrected chi connectivity index (χ0v) is 30.0. The number of nitrogens with zero attached hydrogens (tertiary/aromatic N) is 2. The van der Waals surface area contributed by atoms with Crippen LogP contribution in [-0.2, 0) is 54.1 Å². The Bertz CT molecular complexity index is 1290. The molecule has 2 unspecified atom stereocenters. The molecule has 18 heteroatoms. The van der Waals surface area contributed by atoms with Gasteiger partial charge in [0.1, 0.15) is 25.3 Å². The molecule has 2 fully saturated rings. The second-order valence-electron chi connectivity index (χ2n) is 11.6. The molecule has 3 rings (SSSR count). The van der Waals surface area contributed by atoms with Crippen molar-refractivity contribution in [3.05, 3.63) is 46.0 Å². The molecule has 1 N–H and O–H groups in total. The molecule has 0 bridgehead atoms. The van der Waals surface area contributed by atoms with Crippen LogP contribution in [-0.4, -0.2) is 108 Å². The number of carbonyl (C=O) groups is 5. The quantitative estimate of drug-likeness (QED) is 0.0365. The van der Waals surface area contributed by atoms with E-state index >= 15 is 0 Å². The van der Waals surface area contributed by atoms with Crippen LogP contribution < -0.4 is 5.32 Å². The molecule has 1 aromatic carbocycles. The molecule has 0 spiro atoms. The van der Waals surface area contributed by atoms with Gasteiger partial charge in [-0.05, 0) is 64.4 Å². The summed E-state index contributed by atoms with van der Waals surface area (Å²) in [4.78, 5) is 79.4. The van der Waals surface area contributed by atoms with Crippen molar-refractivity contribution in [3.8, 4) is 0 Å². The van der Waals surface area contributed by atoms with Gasteiger partial charge < -0.3 is 28.6 Å². The number of hydrogen-bond acceptors (Lipinski definition) is 16. The first kappa shape index (κ1) is 40.7. The third kappa shape index (κ3) is 13.5. The molecule has 0 aromatic heterocycles. The van der Waals surface area contributed by atoms with Gasteiger partial charge in [0.25, 0.3) is 5.09 Å². The molecule has 1 aliphatic carbocycles. The third-order valence-electron chi connectivity index (χ3n) is 8.05. The van der Waals surface area contributed by atoms with Crippen LogP contribution in [0.25, 0.3) is 0 Å². The lowest BCUT2D eigenvalue weighted by atomic mass is 10.0. The van der Waals surface area contributed by atoms with Crippen LogP contribution in [0.2, 0.25) is 0 Å². The van der Waals surface area contributed by atoms with Crippen LogP contribution in [0.4, 0.5) is 4.79 Å². The zero-order valence-electron chi connectivity index (χ0n) is 28.4. The van der Waals surface area contributed by atoms with Crippen molar-refractivity contribution < 1.29 is 57.6 Å². The van der Waals surface area contributed by atoms with Gasteiger partial charge in [-0.15, -0.1) is 10.1 Å². The van der Waals surface area contributed by atoms with Crippen molar-refractivity contribution >= 4 is 51.6 Å². The number of amides is 1. The van der Waals surface area contributed by atoms with Crippen molar-refractivity contribution in [1.82, 2.24) is 10.2 Å². The standard InChI is InChI=1S/C32H45N3O13S2/c1-4-43-30(38)25(14-13-23-9-6-5-7-10-23)33-21(2)29(37)34-26-12-8-11-24(26)19-27(34)31(39)46-20-28(36)44-15-17-49-50-18-16-45-32(40)47-22(3)48-35(41)42/h5-7,9-10,21-22,24-27,33H,4,8,11-20H2,1-3H3/t21-,22?,24-,25-,26?,27-/m0/s1. The minimum atomic E-state index is -1.40. The fourth-order valence-electron chi connectivity index (χ4n) is 5.93. The Labute approximate surface area is 298 Å². The second-order valence-corrected chi connectivity index (χ2v) is 14.3. The molecular formula is C32H45N3O13S2. The molecule has 2 aliphatic rings. The zero-order chi connectivity index (χ0) is 36.5. The van der Waals surface area contributed by atoms with Crippen molar-refractivity contribution in [2.24, 2.45) is 5.92 Å². The van der Waals surface area contributed by atoms with Gasteiger partial charge in [-0.3, -0.25) is 19.7 Å². The Morgan fingerprint density at radius 1 is 1.00 bits per heavy atom. The number of fused-ring (bicyclic) bond motifs is 1. The molecular weight excluding hydrogens is 698 g/mol. The monoisotopic (exact) mass is 743 g/mol. The SMILES string of the molecule is CCOC(=O)[C@H](CCc1ccccc1)N[C@@H](C)C(=O)N1C2CCC[C@H]2C[C@H]1C(=O)OCC(=O)OCCSSCCOC(=O)OC(C)O[N+](=O)[O-]. The first-order valence-electron chi connectivity index (χ1n) is 16.5. The van der Waals surface area contributed by atoms with Crippen LogP contribution >= 0.6 is 21.6 Å². The molecule has 6 atom stereocenters. The summed E-state index contributed by atoms with van der Waals surface area (Å²) >= 11 is 0.